The van der Waals surface area contributed by atoms with Gasteiger partial charge >= 0.3 is 0 Å². The van der Waals surface area contributed by atoms with Crippen LogP contribution >= 0.6 is 11.6 Å². The van der Waals surface area contributed by atoms with E-state index in [0.717, 1.165) is 11.1 Å². The van der Waals surface area contributed by atoms with Gasteiger partial charge in [0.15, 0.2) is 0 Å². The van der Waals surface area contributed by atoms with Crippen LogP contribution in [0.25, 0.3) is 0 Å². The average molecular weight is 335 g/mol. The number of halogens is 2. The number of anilines is 1. The summed E-state index contributed by atoms with van der Waals surface area (Å²) in [6.45, 7) is 6.11. The number of hydrogen-bond acceptors (Lipinski definition) is 2. The van der Waals surface area contributed by atoms with Gasteiger partial charge in [-0.3, -0.25) is 4.79 Å². The summed E-state index contributed by atoms with van der Waals surface area (Å²) in [5, 5.41) is 3.25. The van der Waals surface area contributed by atoms with Gasteiger partial charge in [0.25, 0.3) is 5.91 Å². The third-order valence-corrected chi connectivity index (χ3v) is 4.17. The summed E-state index contributed by atoms with van der Waals surface area (Å²) in [4.78, 5) is 12.4. The quantitative estimate of drug-likeness (QED) is 0.828. The van der Waals surface area contributed by atoms with Gasteiger partial charge in [0.1, 0.15) is 5.82 Å². The predicted octanol–water partition coefficient (Wildman–Crippen LogP) is 4.08. The Labute approximate surface area is 140 Å². The number of nitrogen functional groups attached to an aromatic ring is 1. The van der Waals surface area contributed by atoms with Crippen molar-refractivity contribution >= 4 is 23.2 Å². The van der Waals surface area contributed by atoms with E-state index in [4.69, 9.17) is 17.3 Å². The fourth-order valence-electron chi connectivity index (χ4n) is 2.41. The molecule has 0 saturated heterocycles. The SMILES string of the molecule is Cc1ccc(N)cc1C(=O)NCC(C)(C)c1ccc(F)cc1Cl. The smallest absolute Gasteiger partial charge is 0.251 e. The van der Waals surface area contributed by atoms with Crippen LogP contribution in [0.3, 0.4) is 0 Å². The van der Waals surface area contributed by atoms with Crippen LogP contribution in [0.2, 0.25) is 5.02 Å². The zero-order valence-corrected chi connectivity index (χ0v) is 14.2. The Morgan fingerprint density at radius 1 is 1.26 bits per heavy atom. The summed E-state index contributed by atoms with van der Waals surface area (Å²) in [5.41, 5.74) is 8.03. The van der Waals surface area contributed by atoms with Crippen molar-refractivity contribution in [3.05, 3.63) is 63.9 Å². The summed E-state index contributed by atoms with van der Waals surface area (Å²) >= 11 is 6.12. The first kappa shape index (κ1) is 17.3. The lowest BCUT2D eigenvalue weighted by Gasteiger charge is -2.27. The first-order valence-corrected chi connectivity index (χ1v) is 7.68. The van der Waals surface area contributed by atoms with Gasteiger partial charge in [-0.15, -0.1) is 0 Å². The van der Waals surface area contributed by atoms with Crippen LogP contribution in [-0.2, 0) is 5.41 Å². The van der Waals surface area contributed by atoms with Gasteiger partial charge in [0, 0.05) is 28.2 Å². The second kappa shape index (κ2) is 6.59. The molecule has 2 rings (SSSR count). The van der Waals surface area contributed by atoms with E-state index in [1.54, 1.807) is 18.2 Å². The molecule has 0 saturated carbocycles. The highest BCUT2D eigenvalue weighted by atomic mass is 35.5. The Morgan fingerprint density at radius 2 is 1.96 bits per heavy atom. The van der Waals surface area contributed by atoms with Crippen LogP contribution in [-0.4, -0.2) is 12.5 Å². The molecular formula is C18H20ClFN2O. The van der Waals surface area contributed by atoms with E-state index < -0.39 is 5.41 Å². The number of carbonyl (C=O) groups is 1. The second-order valence-corrected chi connectivity index (χ2v) is 6.67. The summed E-state index contributed by atoms with van der Waals surface area (Å²) in [5.74, 6) is -0.574. The molecule has 0 fully saturated rings. The second-order valence-electron chi connectivity index (χ2n) is 6.27. The van der Waals surface area contributed by atoms with Crippen molar-refractivity contribution in [2.45, 2.75) is 26.2 Å². The number of nitrogens with one attached hydrogen (secondary N) is 1. The highest BCUT2D eigenvalue weighted by Crippen LogP contribution is 2.30. The molecule has 1 amide bonds. The molecule has 0 aliphatic rings. The highest BCUT2D eigenvalue weighted by molar-refractivity contribution is 6.31. The van der Waals surface area contributed by atoms with Gasteiger partial charge in [-0.1, -0.05) is 37.6 Å². The van der Waals surface area contributed by atoms with Crippen molar-refractivity contribution in [2.75, 3.05) is 12.3 Å². The molecule has 0 unspecified atom stereocenters. The van der Waals surface area contributed by atoms with Gasteiger partial charge in [-0.2, -0.15) is 0 Å². The molecule has 0 aromatic heterocycles. The molecule has 0 heterocycles. The Hall–Kier alpha value is -2.07. The lowest BCUT2D eigenvalue weighted by atomic mass is 9.84. The van der Waals surface area contributed by atoms with Gasteiger partial charge in [0.2, 0.25) is 0 Å². The van der Waals surface area contributed by atoms with Crippen LogP contribution in [0.5, 0.6) is 0 Å². The fraction of sp³-hybridized carbons (Fsp3) is 0.278. The molecule has 0 radical (unpaired) electrons. The average Bonchev–Trinajstić information content (AvgIpc) is 2.47. The van der Waals surface area contributed by atoms with Gasteiger partial charge in [0.05, 0.1) is 0 Å². The summed E-state index contributed by atoms with van der Waals surface area (Å²) in [7, 11) is 0. The minimum atomic E-state index is -0.436. The van der Waals surface area contributed by atoms with Crippen molar-refractivity contribution in [3.8, 4) is 0 Å². The molecule has 0 atom stereocenters. The molecule has 0 bridgehead atoms. The van der Waals surface area contributed by atoms with Crippen molar-refractivity contribution in [3.63, 3.8) is 0 Å². The Morgan fingerprint density at radius 3 is 2.61 bits per heavy atom. The molecule has 5 heteroatoms. The molecule has 0 aliphatic heterocycles. The van der Waals surface area contributed by atoms with Crippen LogP contribution < -0.4 is 11.1 Å². The van der Waals surface area contributed by atoms with Gasteiger partial charge in [-0.05, 0) is 42.3 Å². The summed E-state index contributed by atoms with van der Waals surface area (Å²) < 4.78 is 13.2. The molecule has 2 aromatic rings. The lowest BCUT2D eigenvalue weighted by molar-refractivity contribution is 0.0945. The molecule has 23 heavy (non-hydrogen) atoms. The van der Waals surface area contributed by atoms with Crippen molar-refractivity contribution in [1.82, 2.24) is 5.32 Å². The third kappa shape index (κ3) is 4.02. The zero-order chi connectivity index (χ0) is 17.2. The standard InChI is InChI=1S/C18H20ClFN2O/c1-11-4-6-13(21)9-14(11)17(23)22-10-18(2,3)15-7-5-12(20)8-16(15)19/h4-9H,10,21H2,1-3H3,(H,22,23). The zero-order valence-electron chi connectivity index (χ0n) is 13.4. The number of carbonyl (C=O) groups excluding carboxylic acids is 1. The van der Waals surface area contributed by atoms with E-state index in [9.17, 15) is 9.18 Å². The van der Waals surface area contributed by atoms with Crippen LogP contribution in [0.15, 0.2) is 36.4 Å². The fourth-order valence-corrected chi connectivity index (χ4v) is 2.84. The lowest BCUT2D eigenvalue weighted by Crippen LogP contribution is -2.37. The first-order valence-electron chi connectivity index (χ1n) is 7.30. The number of amides is 1. The summed E-state index contributed by atoms with van der Waals surface area (Å²) in [6, 6.07) is 9.52. The predicted molar refractivity (Wildman–Crippen MR) is 92.4 cm³/mol. The van der Waals surface area contributed by atoms with Crippen LogP contribution in [0, 0.1) is 12.7 Å². The van der Waals surface area contributed by atoms with E-state index in [1.165, 1.54) is 12.1 Å². The van der Waals surface area contributed by atoms with Gasteiger partial charge < -0.3 is 11.1 Å². The number of benzene rings is 2. The highest BCUT2D eigenvalue weighted by Gasteiger charge is 2.25. The van der Waals surface area contributed by atoms with Crippen molar-refractivity contribution in [2.24, 2.45) is 0 Å². The Kier molecular flexibility index (Phi) is 4.95. The number of aryl methyl sites for hydroxylation is 1. The van der Waals surface area contributed by atoms with Crippen molar-refractivity contribution in [1.29, 1.82) is 0 Å². The maximum absolute atomic E-state index is 13.2. The van der Waals surface area contributed by atoms with E-state index in [2.05, 4.69) is 5.32 Å². The summed E-state index contributed by atoms with van der Waals surface area (Å²) in [6.07, 6.45) is 0. The molecule has 3 N–H and O–H groups in total. The molecule has 122 valence electrons. The van der Waals surface area contributed by atoms with E-state index >= 15 is 0 Å². The minimum Gasteiger partial charge on any atom is -0.399 e. The number of nitrogens with two attached hydrogens (primary N) is 1. The van der Waals surface area contributed by atoms with Crippen LogP contribution in [0.4, 0.5) is 10.1 Å². The number of hydrogen-bond donors (Lipinski definition) is 2. The van der Waals surface area contributed by atoms with E-state index in [0.29, 0.717) is 22.8 Å². The maximum Gasteiger partial charge on any atom is 0.251 e. The first-order chi connectivity index (χ1) is 10.7. The van der Waals surface area contributed by atoms with Gasteiger partial charge in [-0.25, -0.2) is 4.39 Å². The molecule has 0 aliphatic carbocycles. The topological polar surface area (TPSA) is 55.1 Å². The number of rotatable bonds is 4. The normalized spacial score (nSPS) is 11.3. The molecule has 3 nitrogen and oxygen atoms in total. The largest absolute Gasteiger partial charge is 0.399 e. The molecular weight excluding hydrogens is 315 g/mol. The van der Waals surface area contributed by atoms with Crippen molar-refractivity contribution < 1.29 is 9.18 Å². The van der Waals surface area contributed by atoms with Crippen LogP contribution in [0.1, 0.15) is 35.3 Å². The monoisotopic (exact) mass is 334 g/mol. The third-order valence-electron chi connectivity index (χ3n) is 3.86. The minimum absolute atomic E-state index is 0.193. The van der Waals surface area contributed by atoms with E-state index in [1.807, 2.05) is 26.8 Å². The molecule has 0 spiro atoms. The Bertz CT molecular complexity index is 744. The van der Waals surface area contributed by atoms with E-state index in [-0.39, 0.29) is 11.7 Å². The molecule has 2 aromatic carbocycles. The maximum atomic E-state index is 13.2. The Balaban J connectivity index is 2.15.